The number of nitrogens with zero attached hydrogens (tertiary/aromatic N) is 4. The molecular formula is C35H42ClF3N6O5. The van der Waals surface area contributed by atoms with Crippen molar-refractivity contribution in [3.8, 4) is 16.9 Å². The average molecular weight is 719 g/mol. The number of aromatic nitrogens is 2. The normalized spacial score (nSPS) is 18.2. The fraction of sp³-hybridized carbons (Fsp3) is 0.486. The van der Waals surface area contributed by atoms with Crippen LogP contribution in [0.1, 0.15) is 45.1 Å². The maximum absolute atomic E-state index is 13.9. The quantitative estimate of drug-likeness (QED) is 0.270. The van der Waals surface area contributed by atoms with E-state index in [9.17, 15) is 22.8 Å². The topological polar surface area (TPSA) is 131 Å². The summed E-state index contributed by atoms with van der Waals surface area (Å²) in [5, 5.41) is 17.8. The second-order valence-electron chi connectivity index (χ2n) is 13.2. The van der Waals surface area contributed by atoms with Crippen LogP contribution >= 0.6 is 11.6 Å². The Labute approximate surface area is 293 Å². The molecule has 270 valence electrons. The number of carboxylic acids is 1. The van der Waals surface area contributed by atoms with Crippen molar-refractivity contribution in [2.45, 2.75) is 63.9 Å². The number of H-pyrrole nitrogens is 1. The number of piperidine rings is 1. The minimum atomic E-state index is -5.08. The van der Waals surface area contributed by atoms with Crippen LogP contribution < -0.4 is 15.0 Å². The van der Waals surface area contributed by atoms with Crippen LogP contribution in [0.5, 0.6) is 5.75 Å². The molecule has 2 aromatic carbocycles. The molecule has 3 N–H and O–H groups in total. The summed E-state index contributed by atoms with van der Waals surface area (Å²) in [6, 6.07) is 14.5. The van der Waals surface area contributed by atoms with E-state index in [0.717, 1.165) is 67.7 Å². The van der Waals surface area contributed by atoms with Gasteiger partial charge in [-0.1, -0.05) is 35.9 Å². The first kappa shape index (κ1) is 37.0. The van der Waals surface area contributed by atoms with Crippen molar-refractivity contribution in [1.82, 2.24) is 25.3 Å². The summed E-state index contributed by atoms with van der Waals surface area (Å²) in [6.45, 7) is 8.61. The van der Waals surface area contributed by atoms with E-state index >= 15 is 0 Å². The van der Waals surface area contributed by atoms with Gasteiger partial charge in [-0.15, -0.1) is 0 Å². The highest BCUT2D eigenvalue weighted by Gasteiger charge is 2.39. The summed E-state index contributed by atoms with van der Waals surface area (Å²) in [6.07, 6.45) is 2.55. The Hall–Kier alpha value is -4.30. The highest BCUT2D eigenvalue weighted by atomic mass is 35.5. The first-order chi connectivity index (χ1) is 23.7. The molecule has 2 aliphatic heterocycles. The van der Waals surface area contributed by atoms with Gasteiger partial charge < -0.3 is 29.9 Å². The third kappa shape index (κ3) is 9.48. The number of ether oxygens (including phenoxy) is 1. The Morgan fingerprint density at radius 2 is 1.70 bits per heavy atom. The van der Waals surface area contributed by atoms with Crippen LogP contribution in [-0.4, -0.2) is 100.0 Å². The lowest BCUT2D eigenvalue weighted by molar-refractivity contribution is -0.192. The Morgan fingerprint density at radius 1 is 1.02 bits per heavy atom. The number of piperazine rings is 1. The zero-order valence-corrected chi connectivity index (χ0v) is 28.8. The van der Waals surface area contributed by atoms with Crippen LogP contribution in [0, 0.1) is 5.92 Å². The molecule has 2 amide bonds. The molecule has 0 bridgehead atoms. The van der Waals surface area contributed by atoms with E-state index in [4.69, 9.17) is 26.2 Å². The summed E-state index contributed by atoms with van der Waals surface area (Å²) in [7, 11) is 0. The minimum absolute atomic E-state index is 0.0459. The van der Waals surface area contributed by atoms with E-state index in [2.05, 4.69) is 49.6 Å². The number of rotatable bonds is 9. The molecule has 50 heavy (non-hydrogen) atoms. The lowest BCUT2D eigenvalue weighted by atomic mass is 9.95. The molecule has 1 unspecified atom stereocenters. The second kappa shape index (κ2) is 15.7. The number of aromatic amines is 1. The molecule has 1 aliphatic carbocycles. The number of carbonyl (C=O) groups excluding carboxylic acids is 2. The fourth-order valence-electron chi connectivity index (χ4n) is 6.16. The largest absolute Gasteiger partial charge is 0.490 e. The van der Waals surface area contributed by atoms with E-state index in [-0.39, 0.29) is 17.7 Å². The number of amides is 2. The molecule has 3 heterocycles. The number of carbonyl (C=O) groups is 3. The SMILES string of the molecule is CC(C)(Oc1cc(N2CCCC(C(=O)N(Cc3ccc(-c4cn[nH]c4)cc3)C3CC3)C2)ccc1Cl)C(=O)N1CCNCC1.O=C(O)C(F)(F)F. The van der Waals surface area contributed by atoms with Gasteiger partial charge in [0.05, 0.1) is 17.1 Å². The van der Waals surface area contributed by atoms with Crippen molar-refractivity contribution in [1.29, 1.82) is 0 Å². The number of aliphatic carboxylic acids is 1. The van der Waals surface area contributed by atoms with Crippen LogP contribution in [0.2, 0.25) is 5.02 Å². The number of halogens is 4. The van der Waals surface area contributed by atoms with Gasteiger partial charge in [0.2, 0.25) is 5.91 Å². The molecule has 2 saturated heterocycles. The zero-order chi connectivity index (χ0) is 36.1. The van der Waals surface area contributed by atoms with Crippen LogP contribution in [0.15, 0.2) is 54.9 Å². The predicted octanol–water partition coefficient (Wildman–Crippen LogP) is 5.36. The van der Waals surface area contributed by atoms with E-state index in [0.29, 0.717) is 43.0 Å². The molecule has 3 fully saturated rings. The van der Waals surface area contributed by atoms with Gasteiger partial charge in [-0.25, -0.2) is 4.79 Å². The fourth-order valence-corrected chi connectivity index (χ4v) is 6.32. The number of hydrogen-bond acceptors (Lipinski definition) is 7. The van der Waals surface area contributed by atoms with Gasteiger partial charge in [0.1, 0.15) is 5.75 Å². The molecule has 0 spiro atoms. The van der Waals surface area contributed by atoms with Crippen LogP contribution in [0.3, 0.4) is 0 Å². The average Bonchev–Trinajstić information content (AvgIpc) is 3.80. The van der Waals surface area contributed by atoms with Crippen LogP contribution in [0.4, 0.5) is 18.9 Å². The lowest BCUT2D eigenvalue weighted by Gasteiger charge is -2.37. The van der Waals surface area contributed by atoms with Gasteiger partial charge in [0, 0.05) is 75.4 Å². The monoisotopic (exact) mass is 718 g/mol. The summed E-state index contributed by atoms with van der Waals surface area (Å²) >= 11 is 6.57. The summed E-state index contributed by atoms with van der Waals surface area (Å²) < 4.78 is 38.0. The molecule has 0 radical (unpaired) electrons. The van der Waals surface area contributed by atoms with Gasteiger partial charge in [0.25, 0.3) is 5.91 Å². The summed E-state index contributed by atoms with van der Waals surface area (Å²) in [5.41, 5.74) is 3.19. The molecular weight excluding hydrogens is 677 g/mol. The molecule has 15 heteroatoms. The number of hydrogen-bond donors (Lipinski definition) is 3. The smallest absolute Gasteiger partial charge is 0.476 e. The Kier molecular flexibility index (Phi) is 11.6. The molecule has 3 aliphatic rings. The predicted molar refractivity (Wildman–Crippen MR) is 182 cm³/mol. The van der Waals surface area contributed by atoms with Crippen molar-refractivity contribution in [3.05, 3.63) is 65.4 Å². The van der Waals surface area contributed by atoms with Gasteiger partial charge in [-0.2, -0.15) is 18.3 Å². The molecule has 11 nitrogen and oxygen atoms in total. The van der Waals surface area contributed by atoms with Crippen LogP contribution in [0.25, 0.3) is 11.1 Å². The Bertz CT molecular complexity index is 1630. The first-order valence-electron chi connectivity index (χ1n) is 16.6. The molecule has 3 aromatic rings. The van der Waals surface area contributed by atoms with Gasteiger partial charge >= 0.3 is 12.1 Å². The Morgan fingerprint density at radius 3 is 2.30 bits per heavy atom. The number of alkyl halides is 3. The standard InChI is InChI=1S/C33H41ClN6O3.C2HF3O2/c1-33(2,32(42)38-16-13-35-14-17-38)43-30-18-28(11-12-29(30)34)39-15-3-4-25(22-39)31(41)40(27-9-10-27)21-23-5-7-24(8-6-23)26-19-36-37-20-26;3-2(4,5)1(6)7/h5-8,11-12,18-20,25,27,35H,3-4,9-10,13-17,21-22H2,1-2H3,(H,36,37);(H,6,7). The van der Waals surface area contributed by atoms with Crippen molar-refractivity contribution in [2.24, 2.45) is 5.92 Å². The minimum Gasteiger partial charge on any atom is -0.476 e. The summed E-state index contributed by atoms with van der Waals surface area (Å²) in [4.78, 5) is 42.3. The highest BCUT2D eigenvalue weighted by Crippen LogP contribution is 2.36. The number of anilines is 1. The Balaban J connectivity index is 0.000000630. The van der Waals surface area contributed by atoms with Gasteiger partial charge in [0.15, 0.2) is 5.60 Å². The first-order valence-corrected chi connectivity index (χ1v) is 17.0. The maximum atomic E-state index is 13.9. The van der Waals surface area contributed by atoms with E-state index in [1.54, 1.807) is 13.8 Å². The van der Waals surface area contributed by atoms with Gasteiger partial charge in [-0.05, 0) is 62.8 Å². The van der Waals surface area contributed by atoms with Crippen molar-refractivity contribution in [2.75, 3.05) is 44.2 Å². The summed E-state index contributed by atoms with van der Waals surface area (Å²) in [5.74, 6) is -2.16. The second-order valence-corrected chi connectivity index (χ2v) is 13.6. The van der Waals surface area contributed by atoms with Crippen molar-refractivity contribution < 1.29 is 37.4 Å². The maximum Gasteiger partial charge on any atom is 0.490 e. The third-order valence-corrected chi connectivity index (χ3v) is 9.30. The van der Waals surface area contributed by atoms with Gasteiger partial charge in [-0.3, -0.25) is 14.7 Å². The van der Waals surface area contributed by atoms with Crippen LogP contribution in [-0.2, 0) is 20.9 Å². The van der Waals surface area contributed by atoms with E-state index in [1.807, 2.05) is 35.5 Å². The molecule has 1 aromatic heterocycles. The van der Waals surface area contributed by atoms with E-state index < -0.39 is 17.7 Å². The van der Waals surface area contributed by atoms with Crippen molar-refractivity contribution >= 4 is 35.1 Å². The highest BCUT2D eigenvalue weighted by molar-refractivity contribution is 6.32. The van der Waals surface area contributed by atoms with E-state index in [1.165, 1.54) is 0 Å². The lowest BCUT2D eigenvalue weighted by Crippen LogP contribution is -2.54. The van der Waals surface area contributed by atoms with Crippen molar-refractivity contribution in [3.63, 3.8) is 0 Å². The number of carboxylic acid groups (broad SMARTS) is 1. The zero-order valence-electron chi connectivity index (χ0n) is 28.0. The number of benzene rings is 2. The molecule has 1 saturated carbocycles. The molecule has 6 rings (SSSR count). The third-order valence-electron chi connectivity index (χ3n) is 8.99. The number of nitrogens with one attached hydrogen (secondary N) is 2. The molecule has 1 atom stereocenters.